The lowest BCUT2D eigenvalue weighted by Crippen LogP contribution is -2.02. The zero-order valence-corrected chi connectivity index (χ0v) is 7.04. The van der Waals surface area contributed by atoms with Crippen LogP contribution in [0.25, 0.3) is 0 Å². The zero-order chi connectivity index (χ0) is 8.65. The molecule has 3 heteroatoms. The Morgan fingerprint density at radius 1 is 1.58 bits per heavy atom. The highest BCUT2D eigenvalue weighted by atomic mass is 15.2. The van der Waals surface area contributed by atoms with Crippen LogP contribution in [-0.2, 0) is 0 Å². The molecule has 0 aromatic carbocycles. The Balaban J connectivity index is 2.27. The van der Waals surface area contributed by atoms with Gasteiger partial charge in [0.2, 0.25) is 0 Å². The minimum atomic E-state index is 0.801. The summed E-state index contributed by atoms with van der Waals surface area (Å²) in [6.45, 7) is 2.65. The van der Waals surface area contributed by atoms with Crippen molar-refractivity contribution < 1.29 is 0 Å². The molecule has 0 atom stereocenters. The summed E-state index contributed by atoms with van der Waals surface area (Å²) in [6.07, 6.45) is 2.49. The topological polar surface area (TPSA) is 37.8 Å². The number of hydrogen-bond donors (Lipinski definition) is 1. The van der Waals surface area contributed by atoms with Crippen LogP contribution in [0.3, 0.4) is 0 Å². The van der Waals surface area contributed by atoms with Gasteiger partial charge in [-0.3, -0.25) is 0 Å². The quantitative estimate of drug-likeness (QED) is 0.536. The Morgan fingerprint density at radius 3 is 3.17 bits per heavy atom. The van der Waals surface area contributed by atoms with Gasteiger partial charge in [-0.1, -0.05) is 0 Å². The number of aromatic nitrogens is 2. The van der Waals surface area contributed by atoms with Crippen molar-refractivity contribution in [2.24, 2.45) is 0 Å². The van der Waals surface area contributed by atoms with E-state index in [1.165, 1.54) is 0 Å². The Hall–Kier alpha value is -1.56. The van der Waals surface area contributed by atoms with Crippen LogP contribution in [0, 0.1) is 11.8 Å². The fraction of sp³-hybridized carbons (Fsp3) is 0.333. The van der Waals surface area contributed by atoms with E-state index in [9.17, 15) is 0 Å². The number of nitrogens with one attached hydrogen (secondary N) is 1. The first-order valence-corrected chi connectivity index (χ1v) is 3.84. The molecule has 1 rings (SSSR count). The van der Waals surface area contributed by atoms with Gasteiger partial charge in [-0.15, -0.1) is 16.9 Å². The van der Waals surface area contributed by atoms with Gasteiger partial charge in [0.15, 0.2) is 0 Å². The molecule has 12 heavy (non-hydrogen) atoms. The third-order valence-corrected chi connectivity index (χ3v) is 1.31. The Bertz CT molecular complexity index is 271. The van der Waals surface area contributed by atoms with E-state index in [0.29, 0.717) is 0 Å². The minimum absolute atomic E-state index is 0.801. The van der Waals surface area contributed by atoms with Crippen molar-refractivity contribution in [2.45, 2.75) is 13.3 Å². The maximum absolute atomic E-state index is 3.87. The standard InChI is InChI=1S/C9H11N3/c1-2-3-4-7-10-9-6-5-8-11-12-9/h5-6,8H,4,7H2,1H3,(H,10,12). The first-order chi connectivity index (χ1) is 5.93. The molecule has 0 aliphatic carbocycles. The smallest absolute Gasteiger partial charge is 0.148 e. The summed E-state index contributed by atoms with van der Waals surface area (Å²) in [4.78, 5) is 0. The summed E-state index contributed by atoms with van der Waals surface area (Å²) in [7, 11) is 0. The average Bonchev–Trinajstić information content (AvgIpc) is 2.14. The highest BCUT2D eigenvalue weighted by Crippen LogP contribution is 1.96. The largest absolute Gasteiger partial charge is 0.368 e. The lowest BCUT2D eigenvalue weighted by atomic mass is 10.4. The average molecular weight is 161 g/mol. The molecule has 1 heterocycles. The second kappa shape index (κ2) is 5.14. The third kappa shape index (κ3) is 3.02. The van der Waals surface area contributed by atoms with Gasteiger partial charge in [0.05, 0.1) is 0 Å². The maximum Gasteiger partial charge on any atom is 0.148 e. The molecule has 1 aromatic heterocycles. The minimum Gasteiger partial charge on any atom is -0.368 e. The van der Waals surface area contributed by atoms with Gasteiger partial charge in [-0.2, -0.15) is 5.10 Å². The molecule has 0 saturated carbocycles. The van der Waals surface area contributed by atoms with Crippen LogP contribution in [0.1, 0.15) is 13.3 Å². The van der Waals surface area contributed by atoms with E-state index in [1.807, 2.05) is 19.1 Å². The Morgan fingerprint density at radius 2 is 2.50 bits per heavy atom. The number of nitrogens with zero attached hydrogens (tertiary/aromatic N) is 2. The molecule has 0 amide bonds. The number of hydrogen-bond acceptors (Lipinski definition) is 3. The fourth-order valence-electron chi connectivity index (χ4n) is 0.774. The summed E-state index contributed by atoms with van der Waals surface area (Å²) < 4.78 is 0. The molecule has 1 N–H and O–H groups in total. The van der Waals surface area contributed by atoms with E-state index in [1.54, 1.807) is 6.20 Å². The second-order valence-electron chi connectivity index (χ2n) is 2.21. The van der Waals surface area contributed by atoms with Crippen molar-refractivity contribution in [3.8, 4) is 11.8 Å². The molecule has 62 valence electrons. The van der Waals surface area contributed by atoms with Crippen molar-refractivity contribution in [3.63, 3.8) is 0 Å². The van der Waals surface area contributed by atoms with E-state index < -0.39 is 0 Å². The molecule has 1 aromatic rings. The van der Waals surface area contributed by atoms with Gasteiger partial charge >= 0.3 is 0 Å². The molecular weight excluding hydrogens is 150 g/mol. The van der Waals surface area contributed by atoms with Crippen molar-refractivity contribution in [1.29, 1.82) is 0 Å². The highest BCUT2D eigenvalue weighted by molar-refractivity contribution is 5.31. The first-order valence-electron chi connectivity index (χ1n) is 3.84. The lowest BCUT2D eigenvalue weighted by molar-refractivity contribution is 0.993. The Labute approximate surface area is 72.2 Å². The van der Waals surface area contributed by atoms with Crippen LogP contribution in [-0.4, -0.2) is 16.7 Å². The van der Waals surface area contributed by atoms with E-state index in [4.69, 9.17) is 0 Å². The second-order valence-corrected chi connectivity index (χ2v) is 2.21. The van der Waals surface area contributed by atoms with Gasteiger partial charge in [0.25, 0.3) is 0 Å². The van der Waals surface area contributed by atoms with Crippen LogP contribution in [0.5, 0.6) is 0 Å². The summed E-state index contributed by atoms with van der Waals surface area (Å²) in [5.41, 5.74) is 0. The van der Waals surface area contributed by atoms with Gasteiger partial charge in [0.1, 0.15) is 5.82 Å². The monoisotopic (exact) mass is 161 g/mol. The van der Waals surface area contributed by atoms with Gasteiger partial charge in [0, 0.05) is 19.2 Å². The molecular formula is C9H11N3. The molecule has 0 saturated heterocycles. The molecule has 0 fully saturated rings. The normalized spacial score (nSPS) is 8.42. The predicted octanol–water partition coefficient (Wildman–Crippen LogP) is 1.30. The molecule has 3 nitrogen and oxygen atoms in total. The van der Waals surface area contributed by atoms with Crippen LogP contribution in [0.4, 0.5) is 5.82 Å². The van der Waals surface area contributed by atoms with E-state index >= 15 is 0 Å². The Kier molecular flexibility index (Phi) is 3.65. The zero-order valence-electron chi connectivity index (χ0n) is 7.04. The number of rotatable bonds is 3. The van der Waals surface area contributed by atoms with Gasteiger partial charge < -0.3 is 5.32 Å². The maximum atomic E-state index is 3.87. The van der Waals surface area contributed by atoms with Crippen molar-refractivity contribution in [2.75, 3.05) is 11.9 Å². The number of anilines is 1. The van der Waals surface area contributed by atoms with E-state index in [2.05, 4.69) is 27.4 Å². The van der Waals surface area contributed by atoms with E-state index in [0.717, 1.165) is 18.8 Å². The molecule has 0 bridgehead atoms. The highest BCUT2D eigenvalue weighted by Gasteiger charge is 1.88. The van der Waals surface area contributed by atoms with Crippen molar-refractivity contribution >= 4 is 5.82 Å². The lowest BCUT2D eigenvalue weighted by Gasteiger charge is -1.99. The summed E-state index contributed by atoms with van der Waals surface area (Å²) in [5.74, 6) is 6.59. The molecule has 0 spiro atoms. The summed E-state index contributed by atoms with van der Waals surface area (Å²) >= 11 is 0. The molecule has 0 radical (unpaired) electrons. The third-order valence-electron chi connectivity index (χ3n) is 1.31. The van der Waals surface area contributed by atoms with Crippen molar-refractivity contribution in [3.05, 3.63) is 18.3 Å². The van der Waals surface area contributed by atoms with Crippen molar-refractivity contribution in [1.82, 2.24) is 10.2 Å². The summed E-state index contributed by atoms with van der Waals surface area (Å²) in [6, 6.07) is 3.73. The van der Waals surface area contributed by atoms with Crippen LogP contribution < -0.4 is 5.32 Å². The van der Waals surface area contributed by atoms with Gasteiger partial charge in [-0.25, -0.2) is 0 Å². The van der Waals surface area contributed by atoms with Crippen LogP contribution >= 0.6 is 0 Å². The van der Waals surface area contributed by atoms with Gasteiger partial charge in [-0.05, 0) is 19.1 Å². The molecule has 0 aliphatic heterocycles. The van der Waals surface area contributed by atoms with Crippen LogP contribution in [0.2, 0.25) is 0 Å². The molecule has 0 unspecified atom stereocenters. The molecule has 0 aliphatic rings. The summed E-state index contributed by atoms with van der Waals surface area (Å²) in [5, 5.41) is 10.7. The predicted molar refractivity (Wildman–Crippen MR) is 48.6 cm³/mol. The first kappa shape index (κ1) is 8.54. The fourth-order valence-corrected chi connectivity index (χ4v) is 0.774. The van der Waals surface area contributed by atoms with Crippen LogP contribution in [0.15, 0.2) is 18.3 Å². The van der Waals surface area contributed by atoms with E-state index in [-0.39, 0.29) is 0 Å². The SMILES string of the molecule is CC#CCCNc1cccnn1.